The molecule has 2 amide bonds. The smallest absolute Gasteiger partial charge is 0.398 e. The van der Waals surface area contributed by atoms with Crippen LogP contribution in [0.4, 0.5) is 17.6 Å². The second-order valence-corrected chi connectivity index (χ2v) is 9.35. The number of alkyl halides is 3. The van der Waals surface area contributed by atoms with Crippen molar-refractivity contribution in [2.45, 2.75) is 24.4 Å². The van der Waals surface area contributed by atoms with Gasteiger partial charge < -0.3 is 20.8 Å². The third-order valence-electron chi connectivity index (χ3n) is 6.79. The zero-order valence-corrected chi connectivity index (χ0v) is 20.0. The van der Waals surface area contributed by atoms with Crippen LogP contribution in [0.1, 0.15) is 34.5 Å². The van der Waals surface area contributed by atoms with E-state index in [1.807, 2.05) is 0 Å². The van der Waals surface area contributed by atoms with Crippen molar-refractivity contribution in [3.63, 3.8) is 0 Å². The summed E-state index contributed by atoms with van der Waals surface area (Å²) in [6.07, 6.45) is -3.12. The lowest BCUT2D eigenvalue weighted by molar-refractivity contribution is -0.149. The lowest BCUT2D eigenvalue weighted by atomic mass is 9.82. The Balaban J connectivity index is 1.54. The number of ether oxygens (including phenoxy) is 1. The van der Waals surface area contributed by atoms with E-state index in [4.69, 9.17) is 10.5 Å². The second kappa shape index (κ2) is 9.16. The van der Waals surface area contributed by atoms with Crippen LogP contribution in [0.3, 0.4) is 0 Å². The van der Waals surface area contributed by atoms with Gasteiger partial charge in [0.05, 0.1) is 5.69 Å². The Morgan fingerprint density at radius 3 is 2.58 bits per heavy atom. The first kappa shape index (κ1) is 25.2. The van der Waals surface area contributed by atoms with E-state index in [9.17, 15) is 27.2 Å². The molecule has 196 valence electrons. The van der Waals surface area contributed by atoms with Crippen LogP contribution in [-0.2, 0) is 10.2 Å². The van der Waals surface area contributed by atoms with Gasteiger partial charge in [-0.1, -0.05) is 6.07 Å². The van der Waals surface area contributed by atoms with Crippen LogP contribution < -0.4 is 15.8 Å². The fraction of sp³-hybridized carbons (Fsp3) is 0.222. The minimum atomic E-state index is -4.80. The number of primary amides is 1. The van der Waals surface area contributed by atoms with Gasteiger partial charge in [-0.2, -0.15) is 13.2 Å². The highest BCUT2D eigenvalue weighted by Crippen LogP contribution is 2.46. The molecule has 0 radical (unpaired) electrons. The van der Waals surface area contributed by atoms with Gasteiger partial charge in [0.1, 0.15) is 35.2 Å². The van der Waals surface area contributed by atoms with Crippen molar-refractivity contribution in [1.82, 2.24) is 15.3 Å². The average Bonchev–Trinajstić information content (AvgIpc) is 3.48. The fourth-order valence-electron chi connectivity index (χ4n) is 4.46. The molecule has 1 aliphatic rings. The highest BCUT2D eigenvalue weighted by molar-refractivity contribution is 5.98. The van der Waals surface area contributed by atoms with Gasteiger partial charge in [0.25, 0.3) is 5.91 Å². The van der Waals surface area contributed by atoms with Gasteiger partial charge in [-0.25, -0.2) is 9.37 Å². The van der Waals surface area contributed by atoms with Crippen LogP contribution in [0.5, 0.6) is 5.75 Å². The predicted octanol–water partition coefficient (Wildman–Crippen LogP) is 4.58. The summed E-state index contributed by atoms with van der Waals surface area (Å²) in [6.45, 7) is 0.472. The number of aromatic nitrogens is 2. The third-order valence-corrected chi connectivity index (χ3v) is 6.79. The summed E-state index contributed by atoms with van der Waals surface area (Å²) in [5.74, 6) is -4.14. The number of rotatable bonds is 6. The normalized spacial score (nSPS) is 17.6. The SMILES string of the molecule is C[C@]1(C(N)=O)COc2c1cc([C@@H](CNC(=O)c1ccc3cc[nH]c3c1)C(F)(F)F)nc2-c1ccc(F)cc1. The number of carbonyl (C=O) groups is 2. The third kappa shape index (κ3) is 4.44. The van der Waals surface area contributed by atoms with E-state index in [0.29, 0.717) is 11.1 Å². The quantitative estimate of drug-likeness (QED) is 0.320. The molecule has 7 nitrogen and oxygen atoms in total. The molecule has 11 heteroatoms. The summed E-state index contributed by atoms with van der Waals surface area (Å²) in [6, 6.07) is 12.7. The first-order valence-corrected chi connectivity index (χ1v) is 11.6. The summed E-state index contributed by atoms with van der Waals surface area (Å²) in [5.41, 5.74) is 5.05. The van der Waals surface area contributed by atoms with Gasteiger partial charge in [-0.05, 0) is 60.8 Å². The number of H-pyrrole nitrogens is 1. The molecule has 0 unspecified atom stereocenters. The Morgan fingerprint density at radius 2 is 1.89 bits per heavy atom. The van der Waals surface area contributed by atoms with Crippen molar-refractivity contribution >= 4 is 22.7 Å². The first-order valence-electron chi connectivity index (χ1n) is 11.6. The van der Waals surface area contributed by atoms with Crippen LogP contribution in [0.2, 0.25) is 0 Å². The molecule has 0 bridgehead atoms. The van der Waals surface area contributed by atoms with Crippen molar-refractivity contribution in [2.24, 2.45) is 5.73 Å². The highest BCUT2D eigenvalue weighted by atomic mass is 19.4. The van der Waals surface area contributed by atoms with Crippen molar-refractivity contribution in [1.29, 1.82) is 0 Å². The molecule has 0 fully saturated rings. The Labute approximate surface area is 214 Å². The fourth-order valence-corrected chi connectivity index (χ4v) is 4.46. The Hall–Kier alpha value is -4.41. The standard InChI is InChI=1S/C27H22F4N4O3/c1-26(25(32)37)13-38-23-18(26)11-21(35-22(23)15-4-6-17(28)7-5-15)19(27(29,30)31)12-34-24(36)16-3-2-14-8-9-33-20(14)10-16/h2-11,19,33H,12-13H2,1H3,(H2,32,37)(H,34,36)/t19-,26+/m1/s1. The molecule has 0 aliphatic carbocycles. The average molecular weight is 526 g/mol. The second-order valence-electron chi connectivity index (χ2n) is 9.35. The summed E-state index contributed by atoms with van der Waals surface area (Å²) in [7, 11) is 0. The molecule has 38 heavy (non-hydrogen) atoms. The Bertz CT molecular complexity index is 1550. The van der Waals surface area contributed by atoms with Gasteiger partial charge in [0.15, 0.2) is 0 Å². The van der Waals surface area contributed by atoms with Gasteiger partial charge in [0.2, 0.25) is 5.91 Å². The van der Waals surface area contributed by atoms with Crippen molar-refractivity contribution in [2.75, 3.05) is 13.2 Å². The minimum Gasteiger partial charge on any atom is -0.489 e. The molecule has 0 spiro atoms. The molecule has 4 N–H and O–H groups in total. The van der Waals surface area contributed by atoms with Crippen molar-refractivity contribution in [3.8, 4) is 17.0 Å². The lowest BCUT2D eigenvalue weighted by Gasteiger charge is -2.24. The van der Waals surface area contributed by atoms with Gasteiger partial charge >= 0.3 is 6.18 Å². The number of carbonyl (C=O) groups excluding carboxylic acids is 2. The van der Waals surface area contributed by atoms with E-state index in [-0.39, 0.29) is 29.2 Å². The number of aromatic amines is 1. The molecule has 2 aromatic carbocycles. The maximum atomic E-state index is 14.3. The van der Waals surface area contributed by atoms with Crippen LogP contribution in [0.25, 0.3) is 22.2 Å². The van der Waals surface area contributed by atoms with E-state index in [2.05, 4.69) is 15.3 Å². The number of hydrogen-bond donors (Lipinski definition) is 3. The molecule has 0 saturated carbocycles. The molecule has 4 aromatic rings. The number of pyridine rings is 1. The maximum Gasteiger partial charge on any atom is 0.398 e. The molecule has 1 aliphatic heterocycles. The number of benzene rings is 2. The number of nitrogens with zero attached hydrogens (tertiary/aromatic N) is 1. The maximum absolute atomic E-state index is 14.3. The molecule has 5 rings (SSSR count). The molecule has 2 aromatic heterocycles. The number of amides is 2. The summed E-state index contributed by atoms with van der Waals surface area (Å²) < 4.78 is 62.3. The summed E-state index contributed by atoms with van der Waals surface area (Å²) in [5, 5.41) is 3.21. The van der Waals surface area contributed by atoms with Crippen LogP contribution in [0, 0.1) is 5.82 Å². The largest absolute Gasteiger partial charge is 0.489 e. The number of nitrogens with two attached hydrogens (primary N) is 1. The molecule has 3 heterocycles. The van der Waals surface area contributed by atoms with Gasteiger partial charge in [-0.15, -0.1) is 0 Å². The van der Waals surface area contributed by atoms with E-state index in [1.54, 1.807) is 24.4 Å². The molecule has 0 saturated heterocycles. The van der Waals surface area contributed by atoms with Gasteiger partial charge in [-0.3, -0.25) is 9.59 Å². The Morgan fingerprint density at radius 1 is 1.16 bits per heavy atom. The summed E-state index contributed by atoms with van der Waals surface area (Å²) in [4.78, 5) is 32.2. The molecular formula is C27H22F4N4O3. The predicted molar refractivity (Wildman–Crippen MR) is 131 cm³/mol. The number of hydrogen-bond acceptors (Lipinski definition) is 4. The molecule has 2 atom stereocenters. The zero-order valence-electron chi connectivity index (χ0n) is 20.0. The van der Waals surface area contributed by atoms with Crippen molar-refractivity contribution < 1.29 is 31.9 Å². The van der Waals surface area contributed by atoms with Gasteiger partial charge in [0, 0.05) is 34.9 Å². The first-order chi connectivity index (χ1) is 18.0. The topological polar surface area (TPSA) is 110 Å². The van der Waals surface area contributed by atoms with Crippen LogP contribution >= 0.6 is 0 Å². The Kier molecular flexibility index (Phi) is 6.09. The van der Waals surface area contributed by atoms with Crippen LogP contribution in [0.15, 0.2) is 60.8 Å². The number of fused-ring (bicyclic) bond motifs is 2. The zero-order chi connectivity index (χ0) is 27.2. The van der Waals surface area contributed by atoms with Crippen LogP contribution in [-0.4, -0.2) is 41.1 Å². The summed E-state index contributed by atoms with van der Waals surface area (Å²) >= 11 is 0. The number of halogens is 4. The van der Waals surface area contributed by atoms with E-state index in [0.717, 1.165) is 23.6 Å². The monoisotopic (exact) mass is 526 g/mol. The minimum absolute atomic E-state index is 0.0141. The number of nitrogens with one attached hydrogen (secondary N) is 2. The van der Waals surface area contributed by atoms with E-state index >= 15 is 0 Å². The van der Waals surface area contributed by atoms with E-state index in [1.165, 1.54) is 25.1 Å². The highest BCUT2D eigenvalue weighted by Gasteiger charge is 2.47. The molecular weight excluding hydrogens is 504 g/mol. The van der Waals surface area contributed by atoms with Crippen molar-refractivity contribution in [3.05, 3.63) is 83.4 Å². The lowest BCUT2D eigenvalue weighted by Crippen LogP contribution is -2.40. The van der Waals surface area contributed by atoms with E-state index < -0.39 is 47.4 Å².